The number of para-hydroxylation sites is 1. The fourth-order valence-electron chi connectivity index (χ4n) is 3.71. The molecule has 0 aliphatic carbocycles. The number of benzene rings is 2. The zero-order valence-corrected chi connectivity index (χ0v) is 16.2. The highest BCUT2D eigenvalue weighted by Gasteiger charge is 2.31. The Balaban J connectivity index is 1.43. The highest BCUT2D eigenvalue weighted by molar-refractivity contribution is 5.80. The third-order valence-electron chi connectivity index (χ3n) is 5.29. The van der Waals surface area contributed by atoms with E-state index in [1.165, 1.54) is 23.0 Å². The number of carbonyl (C=O) groups is 2. The number of carbonyl (C=O) groups excluding carboxylic acids is 2. The minimum Gasteiger partial charge on any atom is -0.351 e. The summed E-state index contributed by atoms with van der Waals surface area (Å²) in [5.74, 6) is -0.706. The molecule has 2 amide bonds. The molecule has 4 rings (SSSR count). The van der Waals surface area contributed by atoms with Crippen LogP contribution in [0.5, 0.6) is 0 Å². The van der Waals surface area contributed by atoms with Crippen LogP contribution in [0.15, 0.2) is 59.7 Å². The SMILES string of the molecule is O=C(CCn1cnc2ccccc2c1=O)N[C@H]1CCC(=O)N[C@@H]1c1ccc(F)cc1. The van der Waals surface area contributed by atoms with Gasteiger partial charge in [0.05, 0.1) is 29.3 Å². The summed E-state index contributed by atoms with van der Waals surface area (Å²) in [5, 5.41) is 6.32. The van der Waals surface area contributed by atoms with Crippen molar-refractivity contribution in [2.24, 2.45) is 0 Å². The van der Waals surface area contributed by atoms with E-state index >= 15 is 0 Å². The Labute approximate surface area is 171 Å². The predicted molar refractivity (Wildman–Crippen MR) is 109 cm³/mol. The van der Waals surface area contributed by atoms with Crippen molar-refractivity contribution in [3.8, 4) is 0 Å². The van der Waals surface area contributed by atoms with Crippen LogP contribution in [0.4, 0.5) is 4.39 Å². The van der Waals surface area contributed by atoms with Gasteiger partial charge in [-0.3, -0.25) is 19.0 Å². The number of nitrogens with zero attached hydrogens (tertiary/aromatic N) is 2. The summed E-state index contributed by atoms with van der Waals surface area (Å²) >= 11 is 0. The van der Waals surface area contributed by atoms with Gasteiger partial charge in [-0.25, -0.2) is 9.37 Å². The number of piperidine rings is 1. The largest absolute Gasteiger partial charge is 0.351 e. The van der Waals surface area contributed by atoms with E-state index in [1.54, 1.807) is 30.3 Å². The second kappa shape index (κ2) is 8.44. The van der Waals surface area contributed by atoms with Crippen LogP contribution in [0.25, 0.3) is 10.9 Å². The number of nitrogens with one attached hydrogen (secondary N) is 2. The monoisotopic (exact) mass is 408 g/mol. The van der Waals surface area contributed by atoms with E-state index < -0.39 is 6.04 Å². The molecule has 0 radical (unpaired) electrons. The average Bonchev–Trinajstić information content (AvgIpc) is 2.75. The van der Waals surface area contributed by atoms with Crippen molar-refractivity contribution < 1.29 is 14.0 Å². The smallest absolute Gasteiger partial charge is 0.261 e. The molecule has 2 N–H and O–H groups in total. The summed E-state index contributed by atoms with van der Waals surface area (Å²) in [7, 11) is 0. The lowest BCUT2D eigenvalue weighted by molar-refractivity contribution is -0.127. The Morgan fingerprint density at radius 3 is 2.73 bits per heavy atom. The number of rotatable bonds is 5. The fraction of sp³-hybridized carbons (Fsp3) is 0.273. The van der Waals surface area contributed by atoms with Crippen LogP contribution in [0.2, 0.25) is 0 Å². The minimum absolute atomic E-state index is 0.0977. The lowest BCUT2D eigenvalue weighted by Gasteiger charge is -2.33. The molecule has 7 nitrogen and oxygen atoms in total. The second-order valence-electron chi connectivity index (χ2n) is 7.32. The molecule has 1 saturated heterocycles. The fourth-order valence-corrected chi connectivity index (χ4v) is 3.71. The molecular weight excluding hydrogens is 387 g/mol. The van der Waals surface area contributed by atoms with Crippen molar-refractivity contribution in [1.29, 1.82) is 0 Å². The number of halogens is 1. The molecule has 1 fully saturated rings. The number of aryl methyl sites for hydroxylation is 1. The van der Waals surface area contributed by atoms with Crippen LogP contribution in [-0.2, 0) is 16.1 Å². The summed E-state index contributed by atoms with van der Waals surface area (Å²) in [6.45, 7) is 0.197. The molecule has 1 aromatic heterocycles. The van der Waals surface area contributed by atoms with Gasteiger partial charge in [-0.1, -0.05) is 24.3 Å². The van der Waals surface area contributed by atoms with Crippen molar-refractivity contribution in [3.63, 3.8) is 0 Å². The third-order valence-corrected chi connectivity index (χ3v) is 5.29. The Kier molecular flexibility index (Phi) is 5.56. The molecule has 1 aliphatic heterocycles. The van der Waals surface area contributed by atoms with Gasteiger partial charge in [-0.05, 0) is 36.2 Å². The van der Waals surface area contributed by atoms with Gasteiger partial charge in [0.15, 0.2) is 0 Å². The summed E-state index contributed by atoms with van der Waals surface area (Å²) in [6.07, 6.45) is 2.33. The van der Waals surface area contributed by atoms with E-state index in [4.69, 9.17) is 0 Å². The summed E-state index contributed by atoms with van der Waals surface area (Å²) in [5.41, 5.74) is 1.15. The molecule has 0 unspecified atom stereocenters. The first kappa shape index (κ1) is 19.8. The molecule has 0 bridgehead atoms. The first-order valence-electron chi connectivity index (χ1n) is 9.79. The number of fused-ring (bicyclic) bond motifs is 1. The molecule has 1 aliphatic rings. The van der Waals surface area contributed by atoms with E-state index in [1.807, 2.05) is 6.07 Å². The second-order valence-corrected chi connectivity index (χ2v) is 7.32. The van der Waals surface area contributed by atoms with Gasteiger partial charge in [0.1, 0.15) is 5.82 Å². The van der Waals surface area contributed by atoms with E-state index in [0.29, 0.717) is 23.7 Å². The molecule has 8 heteroatoms. The predicted octanol–water partition coefficient (Wildman–Crippen LogP) is 2.06. The van der Waals surface area contributed by atoms with Gasteiger partial charge in [0.2, 0.25) is 11.8 Å². The number of amides is 2. The Morgan fingerprint density at radius 2 is 1.93 bits per heavy atom. The molecule has 2 heterocycles. The van der Waals surface area contributed by atoms with Crippen LogP contribution < -0.4 is 16.2 Å². The van der Waals surface area contributed by atoms with Crippen LogP contribution in [0.1, 0.15) is 30.9 Å². The van der Waals surface area contributed by atoms with E-state index in [-0.39, 0.29) is 42.2 Å². The number of hydrogen-bond acceptors (Lipinski definition) is 4. The molecule has 3 aromatic rings. The van der Waals surface area contributed by atoms with Gasteiger partial charge in [0, 0.05) is 19.4 Å². The molecular formula is C22H21FN4O3. The van der Waals surface area contributed by atoms with Gasteiger partial charge in [0.25, 0.3) is 5.56 Å². The zero-order chi connectivity index (χ0) is 21.1. The standard InChI is InChI=1S/C22H21FN4O3/c23-15-7-5-14(6-8-15)21-18(9-10-19(28)26-21)25-20(29)11-12-27-13-24-17-4-2-1-3-16(17)22(27)30/h1-8,13,18,21H,9-12H2,(H,25,29)(H,26,28)/t18-,21+/m0/s1. The quantitative estimate of drug-likeness (QED) is 0.676. The maximum absolute atomic E-state index is 13.2. The van der Waals surface area contributed by atoms with Crippen molar-refractivity contribution in [2.45, 2.75) is 37.9 Å². The maximum Gasteiger partial charge on any atom is 0.261 e. The number of aromatic nitrogens is 2. The minimum atomic E-state index is -0.430. The highest BCUT2D eigenvalue weighted by atomic mass is 19.1. The third kappa shape index (κ3) is 4.22. The van der Waals surface area contributed by atoms with Crippen LogP contribution >= 0.6 is 0 Å². The average molecular weight is 408 g/mol. The van der Waals surface area contributed by atoms with Gasteiger partial charge < -0.3 is 10.6 Å². The van der Waals surface area contributed by atoms with Gasteiger partial charge >= 0.3 is 0 Å². The Hall–Kier alpha value is -3.55. The zero-order valence-electron chi connectivity index (χ0n) is 16.2. The Bertz CT molecular complexity index is 1140. The number of hydrogen-bond donors (Lipinski definition) is 2. The molecule has 2 atom stereocenters. The van der Waals surface area contributed by atoms with E-state index in [2.05, 4.69) is 15.6 Å². The first-order valence-corrected chi connectivity index (χ1v) is 9.79. The lowest BCUT2D eigenvalue weighted by Crippen LogP contribution is -2.50. The van der Waals surface area contributed by atoms with Crippen molar-refractivity contribution in [3.05, 3.63) is 76.6 Å². The summed E-state index contributed by atoms with van der Waals surface area (Å²) in [4.78, 5) is 41.2. The van der Waals surface area contributed by atoms with E-state index in [9.17, 15) is 18.8 Å². The van der Waals surface area contributed by atoms with Crippen molar-refractivity contribution in [2.75, 3.05) is 0 Å². The summed E-state index contributed by atoms with van der Waals surface area (Å²) < 4.78 is 14.7. The summed E-state index contributed by atoms with van der Waals surface area (Å²) in [6, 6.07) is 12.2. The maximum atomic E-state index is 13.2. The molecule has 2 aromatic carbocycles. The Morgan fingerprint density at radius 1 is 1.17 bits per heavy atom. The van der Waals surface area contributed by atoms with Gasteiger partial charge in [-0.2, -0.15) is 0 Å². The van der Waals surface area contributed by atoms with Crippen LogP contribution in [-0.4, -0.2) is 27.4 Å². The van der Waals surface area contributed by atoms with Crippen LogP contribution in [0, 0.1) is 5.82 Å². The lowest BCUT2D eigenvalue weighted by atomic mass is 9.92. The van der Waals surface area contributed by atoms with E-state index in [0.717, 1.165) is 5.56 Å². The van der Waals surface area contributed by atoms with Crippen molar-refractivity contribution in [1.82, 2.24) is 20.2 Å². The molecule has 154 valence electrons. The first-order chi connectivity index (χ1) is 14.5. The van der Waals surface area contributed by atoms with Gasteiger partial charge in [-0.15, -0.1) is 0 Å². The van der Waals surface area contributed by atoms with Crippen molar-refractivity contribution >= 4 is 22.7 Å². The van der Waals surface area contributed by atoms with Crippen LogP contribution in [0.3, 0.4) is 0 Å². The highest BCUT2D eigenvalue weighted by Crippen LogP contribution is 2.24. The normalized spacial score (nSPS) is 18.8. The molecule has 0 spiro atoms. The molecule has 30 heavy (non-hydrogen) atoms. The topological polar surface area (TPSA) is 93.1 Å². The molecule has 0 saturated carbocycles.